The van der Waals surface area contributed by atoms with Gasteiger partial charge in [-0.2, -0.15) is 0 Å². The summed E-state index contributed by atoms with van der Waals surface area (Å²) in [6.45, 7) is 2.72. The number of hydrogen-bond donors (Lipinski definition) is 2. The van der Waals surface area contributed by atoms with Gasteiger partial charge in [-0.05, 0) is 19.1 Å². The SMILES string of the molecule is Cc1ccc(CN)c(NCc2ccccc2F)n1. The van der Waals surface area contributed by atoms with Gasteiger partial charge in [-0.3, -0.25) is 0 Å². The Morgan fingerprint density at radius 2 is 1.94 bits per heavy atom. The van der Waals surface area contributed by atoms with Crippen molar-refractivity contribution in [2.75, 3.05) is 5.32 Å². The first-order valence-electron chi connectivity index (χ1n) is 5.84. The number of nitrogens with two attached hydrogens (primary N) is 1. The lowest BCUT2D eigenvalue weighted by Crippen LogP contribution is -2.09. The molecule has 0 bridgehead atoms. The molecule has 1 heterocycles. The van der Waals surface area contributed by atoms with E-state index in [2.05, 4.69) is 10.3 Å². The molecule has 0 unspecified atom stereocenters. The van der Waals surface area contributed by atoms with Crippen LogP contribution in [-0.4, -0.2) is 4.98 Å². The van der Waals surface area contributed by atoms with Gasteiger partial charge in [-0.15, -0.1) is 0 Å². The highest BCUT2D eigenvalue weighted by molar-refractivity contribution is 5.45. The zero-order valence-corrected chi connectivity index (χ0v) is 10.3. The molecule has 0 aliphatic rings. The molecule has 0 atom stereocenters. The summed E-state index contributed by atoms with van der Waals surface area (Å²) in [6, 6.07) is 10.5. The number of halogens is 1. The molecule has 0 aliphatic carbocycles. The van der Waals surface area contributed by atoms with E-state index >= 15 is 0 Å². The lowest BCUT2D eigenvalue weighted by Gasteiger charge is -2.11. The van der Waals surface area contributed by atoms with Gasteiger partial charge in [0.15, 0.2) is 0 Å². The number of rotatable bonds is 4. The van der Waals surface area contributed by atoms with Crippen molar-refractivity contribution in [3.63, 3.8) is 0 Å². The molecule has 0 spiro atoms. The zero-order valence-electron chi connectivity index (χ0n) is 10.3. The van der Waals surface area contributed by atoms with E-state index in [1.54, 1.807) is 12.1 Å². The third kappa shape index (κ3) is 2.84. The van der Waals surface area contributed by atoms with Crippen LogP contribution in [-0.2, 0) is 13.1 Å². The number of nitrogens with one attached hydrogen (secondary N) is 1. The smallest absolute Gasteiger partial charge is 0.131 e. The van der Waals surface area contributed by atoms with E-state index in [0.717, 1.165) is 17.1 Å². The van der Waals surface area contributed by atoms with Crippen LogP contribution in [0.1, 0.15) is 16.8 Å². The number of pyridine rings is 1. The van der Waals surface area contributed by atoms with Gasteiger partial charge in [0.1, 0.15) is 11.6 Å². The number of anilines is 1. The number of aromatic nitrogens is 1. The molecule has 3 nitrogen and oxygen atoms in total. The molecule has 0 saturated carbocycles. The van der Waals surface area contributed by atoms with Gasteiger partial charge in [0, 0.05) is 29.9 Å². The van der Waals surface area contributed by atoms with Gasteiger partial charge in [-0.1, -0.05) is 24.3 Å². The molecular weight excluding hydrogens is 229 g/mol. The van der Waals surface area contributed by atoms with E-state index in [1.807, 2.05) is 25.1 Å². The van der Waals surface area contributed by atoms with E-state index in [-0.39, 0.29) is 5.82 Å². The van der Waals surface area contributed by atoms with Crippen molar-refractivity contribution >= 4 is 5.82 Å². The molecule has 0 fully saturated rings. The predicted molar refractivity (Wildman–Crippen MR) is 70.6 cm³/mol. The minimum Gasteiger partial charge on any atom is -0.366 e. The van der Waals surface area contributed by atoms with Crippen LogP contribution in [0.5, 0.6) is 0 Å². The first-order valence-corrected chi connectivity index (χ1v) is 5.84. The number of benzene rings is 1. The standard InChI is InChI=1S/C14H16FN3/c1-10-6-7-11(8-16)14(18-10)17-9-12-4-2-3-5-13(12)15/h2-7H,8-9,16H2,1H3,(H,17,18). The van der Waals surface area contributed by atoms with E-state index in [0.29, 0.717) is 18.7 Å². The first-order chi connectivity index (χ1) is 8.70. The first kappa shape index (κ1) is 12.5. The Hall–Kier alpha value is -1.94. The van der Waals surface area contributed by atoms with Crippen molar-refractivity contribution in [1.82, 2.24) is 4.98 Å². The molecule has 0 aliphatic heterocycles. The highest BCUT2D eigenvalue weighted by Gasteiger charge is 2.05. The molecule has 0 saturated heterocycles. The van der Waals surface area contributed by atoms with Gasteiger partial charge in [0.05, 0.1) is 0 Å². The lowest BCUT2D eigenvalue weighted by molar-refractivity contribution is 0.613. The Morgan fingerprint density at radius 3 is 2.67 bits per heavy atom. The van der Waals surface area contributed by atoms with E-state index in [1.165, 1.54) is 6.07 Å². The van der Waals surface area contributed by atoms with E-state index in [9.17, 15) is 4.39 Å². The summed E-state index contributed by atoms with van der Waals surface area (Å²) in [7, 11) is 0. The van der Waals surface area contributed by atoms with Crippen LogP contribution in [0.2, 0.25) is 0 Å². The predicted octanol–water partition coefficient (Wildman–Crippen LogP) is 2.60. The quantitative estimate of drug-likeness (QED) is 0.870. The summed E-state index contributed by atoms with van der Waals surface area (Å²) in [5.74, 6) is 0.507. The highest BCUT2D eigenvalue weighted by atomic mass is 19.1. The second-order valence-corrected chi connectivity index (χ2v) is 4.11. The Morgan fingerprint density at radius 1 is 1.17 bits per heavy atom. The average Bonchev–Trinajstić information content (AvgIpc) is 2.38. The molecular formula is C14H16FN3. The Labute approximate surface area is 106 Å². The van der Waals surface area contributed by atoms with Crippen LogP contribution >= 0.6 is 0 Å². The molecule has 0 radical (unpaired) electrons. The third-order valence-corrected chi connectivity index (χ3v) is 2.74. The maximum Gasteiger partial charge on any atom is 0.131 e. The second kappa shape index (κ2) is 5.60. The molecule has 94 valence electrons. The molecule has 4 heteroatoms. The lowest BCUT2D eigenvalue weighted by atomic mass is 10.2. The third-order valence-electron chi connectivity index (χ3n) is 2.74. The molecule has 18 heavy (non-hydrogen) atoms. The van der Waals surface area contributed by atoms with Crippen LogP contribution in [0.3, 0.4) is 0 Å². The van der Waals surface area contributed by atoms with Gasteiger partial charge in [0.25, 0.3) is 0 Å². The molecule has 2 rings (SSSR count). The van der Waals surface area contributed by atoms with Crippen LogP contribution < -0.4 is 11.1 Å². The molecule has 1 aromatic carbocycles. The van der Waals surface area contributed by atoms with Gasteiger partial charge >= 0.3 is 0 Å². The van der Waals surface area contributed by atoms with Crippen LogP contribution in [0.25, 0.3) is 0 Å². The summed E-state index contributed by atoms with van der Waals surface area (Å²) >= 11 is 0. The molecule has 2 aromatic rings. The number of nitrogens with zero attached hydrogens (tertiary/aromatic N) is 1. The number of hydrogen-bond acceptors (Lipinski definition) is 3. The topological polar surface area (TPSA) is 50.9 Å². The maximum atomic E-state index is 13.5. The van der Waals surface area contributed by atoms with Gasteiger partial charge in [0.2, 0.25) is 0 Å². The van der Waals surface area contributed by atoms with Crippen LogP contribution in [0.15, 0.2) is 36.4 Å². The Balaban J connectivity index is 2.15. The minimum absolute atomic E-state index is 0.216. The molecule has 1 aromatic heterocycles. The molecule has 3 N–H and O–H groups in total. The summed E-state index contributed by atoms with van der Waals surface area (Å²) in [5, 5.41) is 3.13. The molecule has 0 amide bonds. The minimum atomic E-state index is -0.216. The summed E-state index contributed by atoms with van der Waals surface area (Å²) in [6.07, 6.45) is 0. The Bertz CT molecular complexity index is 540. The fourth-order valence-electron chi connectivity index (χ4n) is 1.72. The zero-order chi connectivity index (χ0) is 13.0. The maximum absolute atomic E-state index is 13.5. The normalized spacial score (nSPS) is 10.4. The van der Waals surface area contributed by atoms with Crippen molar-refractivity contribution in [3.8, 4) is 0 Å². The van der Waals surface area contributed by atoms with E-state index < -0.39 is 0 Å². The van der Waals surface area contributed by atoms with Crippen molar-refractivity contribution in [3.05, 3.63) is 59.0 Å². The highest BCUT2D eigenvalue weighted by Crippen LogP contribution is 2.15. The fraction of sp³-hybridized carbons (Fsp3) is 0.214. The van der Waals surface area contributed by atoms with Crippen molar-refractivity contribution in [2.24, 2.45) is 5.73 Å². The van der Waals surface area contributed by atoms with Crippen LogP contribution in [0.4, 0.5) is 10.2 Å². The second-order valence-electron chi connectivity index (χ2n) is 4.11. The summed E-state index contributed by atoms with van der Waals surface area (Å²) < 4.78 is 13.5. The van der Waals surface area contributed by atoms with Crippen LogP contribution in [0, 0.1) is 12.7 Å². The van der Waals surface area contributed by atoms with Gasteiger partial charge < -0.3 is 11.1 Å². The van der Waals surface area contributed by atoms with Crippen molar-refractivity contribution in [1.29, 1.82) is 0 Å². The van der Waals surface area contributed by atoms with E-state index in [4.69, 9.17) is 5.73 Å². The van der Waals surface area contributed by atoms with Crippen molar-refractivity contribution in [2.45, 2.75) is 20.0 Å². The summed E-state index contributed by atoms with van der Waals surface area (Å²) in [4.78, 5) is 4.38. The number of aryl methyl sites for hydroxylation is 1. The van der Waals surface area contributed by atoms with Crippen molar-refractivity contribution < 1.29 is 4.39 Å². The average molecular weight is 245 g/mol. The fourth-order valence-corrected chi connectivity index (χ4v) is 1.72. The van der Waals surface area contributed by atoms with Gasteiger partial charge in [-0.25, -0.2) is 9.37 Å². The Kier molecular flexibility index (Phi) is 3.89. The summed E-state index contributed by atoms with van der Waals surface area (Å²) in [5.41, 5.74) is 8.09. The largest absolute Gasteiger partial charge is 0.366 e. The monoisotopic (exact) mass is 245 g/mol.